The molecule has 1 amide bonds. The van der Waals surface area contributed by atoms with Crippen LogP contribution in [-0.4, -0.2) is 37.1 Å². The number of carbonyl (C=O) groups is 1. The van der Waals surface area contributed by atoms with Gasteiger partial charge < -0.3 is 4.90 Å². The SMILES string of the molecule is CC1c2nn(C)c(-c3cc(F)c(F)c(F)c3)c2CCN1C(=O)c1cncc2ncccc12.Cl. The average molecular weight is 474 g/mol. The molecular formula is C23H19ClF3N5O. The fourth-order valence-corrected chi connectivity index (χ4v) is 4.40. The molecule has 1 atom stereocenters. The van der Waals surface area contributed by atoms with Gasteiger partial charge in [0.05, 0.1) is 34.7 Å². The molecular weight excluding hydrogens is 455 g/mol. The number of hydrogen-bond acceptors (Lipinski definition) is 4. The molecule has 0 N–H and O–H groups in total. The molecule has 10 heteroatoms. The second kappa shape index (κ2) is 8.47. The minimum absolute atomic E-state index is 0. The summed E-state index contributed by atoms with van der Waals surface area (Å²) >= 11 is 0. The van der Waals surface area contributed by atoms with E-state index >= 15 is 0 Å². The van der Waals surface area contributed by atoms with Crippen molar-refractivity contribution in [1.82, 2.24) is 24.6 Å². The highest BCUT2D eigenvalue weighted by Gasteiger charge is 2.34. The molecule has 0 aliphatic carbocycles. The summed E-state index contributed by atoms with van der Waals surface area (Å²) in [6.07, 6.45) is 5.22. The first-order chi connectivity index (χ1) is 15.4. The van der Waals surface area contributed by atoms with Crippen LogP contribution in [0.5, 0.6) is 0 Å². The Hall–Kier alpha value is -3.46. The smallest absolute Gasteiger partial charge is 0.256 e. The number of fused-ring (bicyclic) bond motifs is 2. The van der Waals surface area contributed by atoms with Crippen molar-refractivity contribution in [2.75, 3.05) is 6.54 Å². The summed E-state index contributed by atoms with van der Waals surface area (Å²) in [5.41, 5.74) is 3.21. The number of aryl methyl sites for hydroxylation is 1. The summed E-state index contributed by atoms with van der Waals surface area (Å²) in [6.45, 7) is 2.24. The molecule has 0 saturated carbocycles. The number of pyridine rings is 2. The van der Waals surface area contributed by atoms with Crippen molar-refractivity contribution >= 4 is 29.2 Å². The Labute approximate surface area is 193 Å². The van der Waals surface area contributed by atoms with Gasteiger partial charge in [-0.2, -0.15) is 5.10 Å². The molecule has 6 nitrogen and oxygen atoms in total. The number of rotatable bonds is 2. The molecule has 1 unspecified atom stereocenters. The van der Waals surface area contributed by atoms with Crippen LogP contribution >= 0.6 is 12.4 Å². The average Bonchev–Trinajstić information content (AvgIpc) is 3.13. The van der Waals surface area contributed by atoms with E-state index in [9.17, 15) is 18.0 Å². The quantitative estimate of drug-likeness (QED) is 0.398. The lowest BCUT2D eigenvalue weighted by Crippen LogP contribution is -2.39. The van der Waals surface area contributed by atoms with Crippen LogP contribution in [0.1, 0.15) is 34.6 Å². The van der Waals surface area contributed by atoms with Crippen molar-refractivity contribution < 1.29 is 18.0 Å². The normalized spacial score (nSPS) is 15.3. The van der Waals surface area contributed by atoms with Gasteiger partial charge in [-0.3, -0.25) is 19.4 Å². The molecule has 33 heavy (non-hydrogen) atoms. The number of halogens is 4. The molecule has 4 aromatic rings. The summed E-state index contributed by atoms with van der Waals surface area (Å²) < 4.78 is 42.7. The van der Waals surface area contributed by atoms with Gasteiger partial charge in [-0.15, -0.1) is 12.4 Å². The second-order valence-corrected chi connectivity index (χ2v) is 7.77. The molecule has 0 saturated heterocycles. The van der Waals surface area contributed by atoms with Crippen molar-refractivity contribution in [2.24, 2.45) is 7.05 Å². The van der Waals surface area contributed by atoms with Crippen LogP contribution in [0.3, 0.4) is 0 Å². The van der Waals surface area contributed by atoms with Crippen molar-refractivity contribution in [1.29, 1.82) is 0 Å². The van der Waals surface area contributed by atoms with E-state index in [0.717, 1.165) is 17.7 Å². The largest absolute Gasteiger partial charge is 0.330 e. The van der Waals surface area contributed by atoms with Crippen molar-refractivity contribution in [3.05, 3.63) is 77.1 Å². The first kappa shape index (κ1) is 22.7. The maximum Gasteiger partial charge on any atom is 0.256 e. The molecule has 3 aromatic heterocycles. The van der Waals surface area contributed by atoms with Crippen molar-refractivity contribution in [2.45, 2.75) is 19.4 Å². The van der Waals surface area contributed by atoms with E-state index in [-0.39, 0.29) is 29.9 Å². The van der Waals surface area contributed by atoms with E-state index < -0.39 is 17.5 Å². The third-order valence-corrected chi connectivity index (χ3v) is 5.92. The van der Waals surface area contributed by atoms with Gasteiger partial charge in [0.25, 0.3) is 5.91 Å². The fourth-order valence-electron chi connectivity index (χ4n) is 4.40. The van der Waals surface area contributed by atoms with E-state index in [0.29, 0.717) is 40.8 Å². The molecule has 4 heterocycles. The van der Waals surface area contributed by atoms with E-state index in [2.05, 4.69) is 15.1 Å². The van der Waals surface area contributed by atoms with Crippen LogP contribution in [0.2, 0.25) is 0 Å². The first-order valence-corrected chi connectivity index (χ1v) is 10.1. The summed E-state index contributed by atoms with van der Waals surface area (Å²) in [4.78, 5) is 23.5. The lowest BCUT2D eigenvalue weighted by molar-refractivity contribution is 0.0675. The van der Waals surface area contributed by atoms with Gasteiger partial charge in [-0.1, -0.05) is 6.07 Å². The molecule has 0 fully saturated rings. The summed E-state index contributed by atoms with van der Waals surface area (Å²) in [7, 11) is 1.66. The number of hydrogen-bond donors (Lipinski definition) is 0. The lowest BCUT2D eigenvalue weighted by Gasteiger charge is -2.33. The Morgan fingerprint density at radius 1 is 1.15 bits per heavy atom. The Morgan fingerprint density at radius 3 is 2.61 bits per heavy atom. The zero-order chi connectivity index (χ0) is 22.6. The van der Waals surface area contributed by atoms with E-state index in [1.807, 2.05) is 13.0 Å². The van der Waals surface area contributed by atoms with Crippen molar-refractivity contribution in [3.8, 4) is 11.3 Å². The summed E-state index contributed by atoms with van der Waals surface area (Å²) in [5.74, 6) is -4.21. The van der Waals surface area contributed by atoms with Crippen LogP contribution in [-0.2, 0) is 13.5 Å². The van der Waals surface area contributed by atoms with Crippen molar-refractivity contribution in [3.63, 3.8) is 0 Å². The zero-order valence-corrected chi connectivity index (χ0v) is 18.5. The van der Waals surface area contributed by atoms with E-state index in [1.54, 1.807) is 30.4 Å². The molecule has 170 valence electrons. The minimum atomic E-state index is -1.51. The van der Waals surface area contributed by atoms with Gasteiger partial charge in [0.1, 0.15) is 0 Å². The van der Waals surface area contributed by atoms with Gasteiger partial charge in [0, 0.05) is 42.5 Å². The third kappa shape index (κ3) is 3.62. The molecule has 0 spiro atoms. The molecule has 0 bridgehead atoms. The second-order valence-electron chi connectivity index (χ2n) is 7.77. The summed E-state index contributed by atoms with van der Waals surface area (Å²) in [5, 5.41) is 5.25. The van der Waals surface area contributed by atoms with Gasteiger partial charge in [-0.05, 0) is 31.5 Å². The predicted octanol–water partition coefficient (Wildman–Crippen LogP) is 4.63. The third-order valence-electron chi connectivity index (χ3n) is 5.92. The highest BCUT2D eigenvalue weighted by molar-refractivity contribution is 6.05. The molecule has 0 radical (unpaired) electrons. The van der Waals surface area contributed by atoms with Crippen LogP contribution in [0.25, 0.3) is 22.2 Å². The highest BCUT2D eigenvalue weighted by atomic mass is 35.5. The number of carbonyl (C=O) groups excluding carboxylic acids is 1. The molecule has 1 aliphatic heterocycles. The fraction of sp³-hybridized carbons (Fsp3) is 0.217. The van der Waals surface area contributed by atoms with Gasteiger partial charge in [0.15, 0.2) is 17.5 Å². The van der Waals surface area contributed by atoms with Crippen LogP contribution in [0.15, 0.2) is 42.9 Å². The Kier molecular flexibility index (Phi) is 5.84. The summed E-state index contributed by atoms with van der Waals surface area (Å²) in [6, 6.07) is 5.14. The number of benzene rings is 1. The standard InChI is InChI=1S/C23H18F3N5O.ClH/c1-12-21-15(22(30(2)29-21)13-8-17(24)20(26)18(25)9-13)5-7-31(12)23(32)16-10-27-11-19-14(16)4-3-6-28-19;/h3-4,6,8-12H,5,7H2,1-2H3;1H. The monoisotopic (exact) mass is 473 g/mol. The van der Waals surface area contributed by atoms with E-state index in [1.165, 1.54) is 10.9 Å². The van der Waals surface area contributed by atoms with Gasteiger partial charge >= 0.3 is 0 Å². The van der Waals surface area contributed by atoms with Gasteiger partial charge in [-0.25, -0.2) is 13.2 Å². The Balaban J connectivity index is 0.00000259. The predicted molar refractivity (Wildman–Crippen MR) is 118 cm³/mol. The molecule has 1 aromatic carbocycles. The number of aromatic nitrogens is 4. The highest BCUT2D eigenvalue weighted by Crippen LogP contribution is 2.37. The van der Waals surface area contributed by atoms with Gasteiger partial charge in [0.2, 0.25) is 0 Å². The van der Waals surface area contributed by atoms with Crippen LogP contribution in [0, 0.1) is 17.5 Å². The van der Waals surface area contributed by atoms with E-state index in [4.69, 9.17) is 0 Å². The Morgan fingerprint density at radius 2 is 1.88 bits per heavy atom. The minimum Gasteiger partial charge on any atom is -0.330 e. The zero-order valence-electron chi connectivity index (χ0n) is 17.7. The molecule has 5 rings (SSSR count). The maximum absolute atomic E-state index is 13.8. The number of nitrogens with zero attached hydrogens (tertiary/aromatic N) is 5. The first-order valence-electron chi connectivity index (χ1n) is 10.1. The topological polar surface area (TPSA) is 63.9 Å². The lowest BCUT2D eigenvalue weighted by atomic mass is 9.94. The van der Waals surface area contributed by atoms with Crippen LogP contribution in [0.4, 0.5) is 13.2 Å². The Bertz CT molecular complexity index is 1360. The molecule has 1 aliphatic rings. The van der Waals surface area contributed by atoms with Crippen LogP contribution < -0.4 is 0 Å². The maximum atomic E-state index is 13.8. The number of amides is 1.